The lowest BCUT2D eigenvalue weighted by molar-refractivity contribution is -0.116. The van der Waals surface area contributed by atoms with Crippen molar-refractivity contribution in [2.75, 3.05) is 6.54 Å². The number of rotatable bonds is 5. The van der Waals surface area contributed by atoms with Gasteiger partial charge in [-0.3, -0.25) is 4.79 Å². The third-order valence-electron chi connectivity index (χ3n) is 2.45. The average molecular weight is 229 g/mol. The fourth-order valence-electron chi connectivity index (χ4n) is 1.44. The summed E-state index contributed by atoms with van der Waals surface area (Å²) in [6, 6.07) is 7.99. The van der Waals surface area contributed by atoms with Gasteiger partial charge in [-0.1, -0.05) is 36.4 Å². The van der Waals surface area contributed by atoms with E-state index in [1.165, 1.54) is 5.56 Å². The molecule has 0 saturated heterocycles. The van der Waals surface area contributed by atoms with Gasteiger partial charge in [-0.15, -0.1) is 0 Å². The van der Waals surface area contributed by atoms with Gasteiger partial charge in [0.15, 0.2) is 0 Å². The SMILES string of the molecule is C/C=C/CCNC(=O)/C=C/c1ccccc1C. The van der Waals surface area contributed by atoms with Crippen molar-refractivity contribution in [3.05, 3.63) is 53.6 Å². The molecule has 1 N–H and O–H groups in total. The van der Waals surface area contributed by atoms with Crippen LogP contribution in [0.15, 0.2) is 42.5 Å². The lowest BCUT2D eigenvalue weighted by Gasteiger charge is -2.00. The highest BCUT2D eigenvalue weighted by atomic mass is 16.1. The molecule has 2 heteroatoms. The van der Waals surface area contributed by atoms with Crippen LogP contribution in [-0.4, -0.2) is 12.5 Å². The largest absolute Gasteiger partial charge is 0.352 e. The van der Waals surface area contributed by atoms with Crippen molar-refractivity contribution in [3.8, 4) is 0 Å². The number of benzene rings is 1. The van der Waals surface area contributed by atoms with E-state index in [2.05, 4.69) is 5.32 Å². The first-order valence-electron chi connectivity index (χ1n) is 5.86. The van der Waals surface area contributed by atoms with E-state index < -0.39 is 0 Å². The number of aryl methyl sites for hydroxylation is 1. The Bertz CT molecular complexity index is 419. The monoisotopic (exact) mass is 229 g/mol. The molecule has 1 aromatic rings. The number of carbonyl (C=O) groups is 1. The van der Waals surface area contributed by atoms with Crippen molar-refractivity contribution in [2.24, 2.45) is 0 Å². The fraction of sp³-hybridized carbons (Fsp3) is 0.267. The molecule has 1 amide bonds. The number of carbonyl (C=O) groups excluding carboxylic acids is 1. The quantitative estimate of drug-likeness (QED) is 0.469. The molecule has 0 radical (unpaired) electrons. The summed E-state index contributed by atoms with van der Waals surface area (Å²) in [6.07, 6.45) is 8.32. The highest BCUT2D eigenvalue weighted by Gasteiger charge is 1.95. The maximum absolute atomic E-state index is 11.5. The zero-order valence-corrected chi connectivity index (χ0v) is 10.4. The van der Waals surface area contributed by atoms with Gasteiger partial charge in [0.25, 0.3) is 0 Å². The Labute approximate surface area is 103 Å². The Balaban J connectivity index is 2.43. The second-order valence-corrected chi connectivity index (χ2v) is 3.84. The minimum atomic E-state index is -0.0437. The van der Waals surface area contributed by atoms with Gasteiger partial charge in [0.2, 0.25) is 5.91 Å². The minimum Gasteiger partial charge on any atom is -0.352 e. The van der Waals surface area contributed by atoms with Crippen LogP contribution in [0.2, 0.25) is 0 Å². The summed E-state index contributed by atoms with van der Waals surface area (Å²) < 4.78 is 0. The maximum Gasteiger partial charge on any atom is 0.244 e. The summed E-state index contributed by atoms with van der Waals surface area (Å²) in [5.74, 6) is -0.0437. The van der Waals surface area contributed by atoms with Crippen molar-refractivity contribution in [3.63, 3.8) is 0 Å². The Morgan fingerprint density at radius 2 is 2.12 bits per heavy atom. The summed E-state index contributed by atoms with van der Waals surface area (Å²) in [6.45, 7) is 4.69. The lowest BCUT2D eigenvalue weighted by atomic mass is 10.1. The van der Waals surface area contributed by atoms with E-state index in [4.69, 9.17) is 0 Å². The molecule has 0 aromatic heterocycles. The van der Waals surface area contributed by atoms with Gasteiger partial charge in [0.1, 0.15) is 0 Å². The fourth-order valence-corrected chi connectivity index (χ4v) is 1.44. The average Bonchev–Trinajstić information content (AvgIpc) is 2.34. The predicted octanol–water partition coefficient (Wildman–Crippen LogP) is 3.09. The molecule has 0 saturated carbocycles. The second-order valence-electron chi connectivity index (χ2n) is 3.84. The van der Waals surface area contributed by atoms with E-state index in [0.29, 0.717) is 6.54 Å². The number of amides is 1. The van der Waals surface area contributed by atoms with Crippen LogP contribution in [0.3, 0.4) is 0 Å². The molecule has 0 unspecified atom stereocenters. The van der Waals surface area contributed by atoms with E-state index >= 15 is 0 Å². The molecule has 0 aliphatic carbocycles. The summed E-state index contributed by atoms with van der Waals surface area (Å²) in [5, 5.41) is 2.83. The van der Waals surface area contributed by atoms with Gasteiger partial charge in [0.05, 0.1) is 0 Å². The zero-order valence-electron chi connectivity index (χ0n) is 10.4. The molecule has 0 heterocycles. The first-order chi connectivity index (χ1) is 8.24. The van der Waals surface area contributed by atoms with Gasteiger partial charge >= 0.3 is 0 Å². The van der Waals surface area contributed by atoms with E-state index in [-0.39, 0.29) is 5.91 Å². The van der Waals surface area contributed by atoms with Gasteiger partial charge in [-0.2, -0.15) is 0 Å². The first kappa shape index (κ1) is 13.2. The molecule has 90 valence electrons. The maximum atomic E-state index is 11.5. The minimum absolute atomic E-state index is 0.0437. The van der Waals surface area contributed by atoms with Crippen LogP contribution in [0.4, 0.5) is 0 Å². The smallest absolute Gasteiger partial charge is 0.244 e. The zero-order chi connectivity index (χ0) is 12.5. The van der Waals surface area contributed by atoms with Crippen LogP contribution in [-0.2, 0) is 4.79 Å². The standard InChI is InChI=1S/C15H19NO/c1-3-4-7-12-16-15(17)11-10-14-9-6-5-8-13(14)2/h3-6,8-11H,7,12H2,1-2H3,(H,16,17)/b4-3+,11-10+. The van der Waals surface area contributed by atoms with Crippen LogP contribution < -0.4 is 5.32 Å². The van der Waals surface area contributed by atoms with Crippen LogP contribution in [0, 0.1) is 6.92 Å². The third-order valence-corrected chi connectivity index (χ3v) is 2.45. The van der Waals surface area contributed by atoms with Gasteiger partial charge in [-0.05, 0) is 37.5 Å². The first-order valence-corrected chi connectivity index (χ1v) is 5.86. The highest BCUT2D eigenvalue weighted by Crippen LogP contribution is 2.08. The van der Waals surface area contributed by atoms with Gasteiger partial charge < -0.3 is 5.32 Å². The molecule has 17 heavy (non-hydrogen) atoms. The Morgan fingerprint density at radius 3 is 2.82 bits per heavy atom. The molecule has 1 aromatic carbocycles. The summed E-state index contributed by atoms with van der Waals surface area (Å²) >= 11 is 0. The van der Waals surface area contributed by atoms with E-state index in [1.54, 1.807) is 6.08 Å². The molecule has 0 aliphatic heterocycles. The predicted molar refractivity (Wildman–Crippen MR) is 72.7 cm³/mol. The Morgan fingerprint density at radius 1 is 1.35 bits per heavy atom. The van der Waals surface area contributed by atoms with Gasteiger partial charge in [-0.25, -0.2) is 0 Å². The Hall–Kier alpha value is -1.83. The molecule has 2 nitrogen and oxygen atoms in total. The van der Waals surface area contributed by atoms with Crippen LogP contribution in [0.1, 0.15) is 24.5 Å². The van der Waals surface area contributed by atoms with Crippen LogP contribution in [0.5, 0.6) is 0 Å². The van der Waals surface area contributed by atoms with Crippen molar-refractivity contribution >= 4 is 12.0 Å². The van der Waals surface area contributed by atoms with E-state index in [1.807, 2.05) is 56.3 Å². The van der Waals surface area contributed by atoms with E-state index in [0.717, 1.165) is 12.0 Å². The summed E-state index contributed by atoms with van der Waals surface area (Å²) in [7, 11) is 0. The van der Waals surface area contributed by atoms with Crippen molar-refractivity contribution in [2.45, 2.75) is 20.3 Å². The van der Waals surface area contributed by atoms with Crippen molar-refractivity contribution in [1.29, 1.82) is 0 Å². The summed E-state index contributed by atoms with van der Waals surface area (Å²) in [4.78, 5) is 11.5. The molecule has 0 atom stereocenters. The summed E-state index contributed by atoms with van der Waals surface area (Å²) in [5.41, 5.74) is 2.25. The molecule has 0 spiro atoms. The molecular formula is C15H19NO. The number of nitrogens with one attached hydrogen (secondary N) is 1. The molecular weight excluding hydrogens is 210 g/mol. The van der Waals surface area contributed by atoms with Crippen LogP contribution >= 0.6 is 0 Å². The number of hydrogen-bond donors (Lipinski definition) is 1. The van der Waals surface area contributed by atoms with Crippen molar-refractivity contribution < 1.29 is 4.79 Å². The Kier molecular flexibility index (Phi) is 5.80. The normalized spacial score (nSPS) is 11.2. The molecule has 1 rings (SSSR count). The molecule has 0 fully saturated rings. The number of hydrogen-bond acceptors (Lipinski definition) is 1. The van der Waals surface area contributed by atoms with Crippen LogP contribution in [0.25, 0.3) is 6.08 Å². The van der Waals surface area contributed by atoms with E-state index in [9.17, 15) is 4.79 Å². The second kappa shape index (κ2) is 7.44. The lowest BCUT2D eigenvalue weighted by Crippen LogP contribution is -2.21. The molecule has 0 aliphatic rings. The van der Waals surface area contributed by atoms with Crippen molar-refractivity contribution in [1.82, 2.24) is 5.32 Å². The third kappa shape index (κ3) is 5.16. The highest BCUT2D eigenvalue weighted by molar-refractivity contribution is 5.91. The molecule has 0 bridgehead atoms. The topological polar surface area (TPSA) is 29.1 Å². The van der Waals surface area contributed by atoms with Gasteiger partial charge in [0, 0.05) is 12.6 Å². The number of allylic oxidation sites excluding steroid dienone is 1.